The number of nitrogens with zero attached hydrogens (tertiary/aromatic N) is 1. The van der Waals surface area contributed by atoms with E-state index in [1.54, 1.807) is 38.3 Å². The second kappa shape index (κ2) is 6.39. The van der Waals surface area contributed by atoms with Gasteiger partial charge >= 0.3 is 5.97 Å². The van der Waals surface area contributed by atoms with Crippen molar-refractivity contribution >= 4 is 23.1 Å². The van der Waals surface area contributed by atoms with Crippen LogP contribution in [0.3, 0.4) is 0 Å². The highest BCUT2D eigenvalue weighted by atomic mass is 32.1. The first kappa shape index (κ1) is 17.6. The lowest BCUT2D eigenvalue weighted by molar-refractivity contribution is -0.485. The molecule has 2 atom stereocenters. The summed E-state index contributed by atoms with van der Waals surface area (Å²) in [4.78, 5) is 36.9. The standard InChI is InChI=1S/C16H21NO5S/c1-15(2,3)22-14(19)16(8-4-7-13(16)18)11(10-17(20)21)12-6-5-9-23-12/h5-6,9,11H,4,7-8,10H2,1-3H3/t11-,16+/m0/s1. The van der Waals surface area contributed by atoms with Crippen LogP contribution < -0.4 is 0 Å². The van der Waals surface area contributed by atoms with Crippen LogP contribution in [0.2, 0.25) is 0 Å². The minimum atomic E-state index is -1.44. The number of nitro groups is 1. The normalized spacial score (nSPS) is 22.8. The topological polar surface area (TPSA) is 86.5 Å². The maximum absolute atomic E-state index is 12.9. The van der Waals surface area contributed by atoms with Gasteiger partial charge in [0.2, 0.25) is 6.54 Å². The summed E-state index contributed by atoms with van der Waals surface area (Å²) in [5.41, 5.74) is -2.19. The van der Waals surface area contributed by atoms with Crippen molar-refractivity contribution in [3.05, 3.63) is 32.5 Å². The van der Waals surface area contributed by atoms with E-state index in [0.717, 1.165) is 0 Å². The number of hydrogen-bond donors (Lipinski definition) is 0. The SMILES string of the molecule is CC(C)(C)OC(=O)[C@@]1([C@@H](C[N+](=O)[O-])c2cccs2)CCCC1=O. The minimum absolute atomic E-state index is 0.244. The van der Waals surface area contributed by atoms with E-state index in [1.165, 1.54) is 11.3 Å². The minimum Gasteiger partial charge on any atom is -0.459 e. The van der Waals surface area contributed by atoms with Gasteiger partial charge < -0.3 is 4.74 Å². The highest BCUT2D eigenvalue weighted by Gasteiger charge is 2.58. The Kier molecular flexibility index (Phi) is 4.89. The van der Waals surface area contributed by atoms with E-state index in [2.05, 4.69) is 0 Å². The molecule has 1 aromatic heterocycles. The first-order valence-corrected chi connectivity index (χ1v) is 8.47. The molecule has 0 amide bonds. The maximum atomic E-state index is 12.9. The third kappa shape index (κ3) is 3.60. The van der Waals surface area contributed by atoms with Gasteiger partial charge in [0.05, 0.1) is 5.92 Å². The van der Waals surface area contributed by atoms with Crippen molar-refractivity contribution in [2.24, 2.45) is 5.41 Å². The van der Waals surface area contributed by atoms with E-state index in [0.29, 0.717) is 17.7 Å². The molecule has 0 aromatic carbocycles. The largest absolute Gasteiger partial charge is 0.459 e. The molecule has 0 N–H and O–H groups in total. The molecule has 1 saturated carbocycles. The number of carbonyl (C=O) groups excluding carboxylic acids is 2. The molecule has 0 radical (unpaired) electrons. The number of thiophene rings is 1. The fourth-order valence-electron chi connectivity index (χ4n) is 3.11. The number of hydrogen-bond acceptors (Lipinski definition) is 6. The fraction of sp³-hybridized carbons (Fsp3) is 0.625. The molecule has 1 aromatic rings. The van der Waals surface area contributed by atoms with Crippen LogP contribution in [-0.4, -0.2) is 28.8 Å². The second-order valence-electron chi connectivity index (χ2n) is 6.83. The van der Waals surface area contributed by atoms with Gasteiger partial charge in [-0.1, -0.05) is 6.07 Å². The van der Waals surface area contributed by atoms with Crippen LogP contribution >= 0.6 is 11.3 Å². The lowest BCUT2D eigenvalue weighted by atomic mass is 9.72. The summed E-state index contributed by atoms with van der Waals surface area (Å²) in [7, 11) is 0. The van der Waals surface area contributed by atoms with E-state index < -0.39 is 34.4 Å². The van der Waals surface area contributed by atoms with E-state index in [1.807, 2.05) is 0 Å². The van der Waals surface area contributed by atoms with Gasteiger partial charge in [-0.25, -0.2) is 0 Å². The van der Waals surface area contributed by atoms with Crippen LogP contribution in [0.4, 0.5) is 0 Å². The quantitative estimate of drug-likeness (QED) is 0.356. The van der Waals surface area contributed by atoms with Crippen LogP contribution in [0.5, 0.6) is 0 Å². The Morgan fingerprint density at radius 3 is 2.65 bits per heavy atom. The number of Topliss-reactive ketones (excluding diaryl/α,β-unsaturated/α-hetero) is 1. The number of ether oxygens (including phenoxy) is 1. The number of esters is 1. The Bertz CT molecular complexity index is 604. The first-order valence-electron chi connectivity index (χ1n) is 7.59. The molecule has 0 aliphatic heterocycles. The third-order valence-electron chi connectivity index (χ3n) is 4.05. The molecule has 126 valence electrons. The summed E-state index contributed by atoms with van der Waals surface area (Å²) in [6, 6.07) is 3.52. The van der Waals surface area contributed by atoms with E-state index in [9.17, 15) is 19.7 Å². The van der Waals surface area contributed by atoms with Gasteiger partial charge in [0.15, 0.2) is 5.78 Å². The average Bonchev–Trinajstić information content (AvgIpc) is 3.03. The van der Waals surface area contributed by atoms with E-state index in [-0.39, 0.29) is 12.2 Å². The van der Waals surface area contributed by atoms with Crippen molar-refractivity contribution in [1.29, 1.82) is 0 Å². The summed E-state index contributed by atoms with van der Waals surface area (Å²) < 4.78 is 5.48. The summed E-state index contributed by atoms with van der Waals surface area (Å²) in [5.74, 6) is -1.65. The second-order valence-corrected chi connectivity index (χ2v) is 7.81. The van der Waals surface area contributed by atoms with Crippen LogP contribution in [0.1, 0.15) is 50.8 Å². The molecular formula is C16H21NO5S. The van der Waals surface area contributed by atoms with Crippen molar-refractivity contribution in [2.75, 3.05) is 6.54 Å². The van der Waals surface area contributed by atoms with Gasteiger partial charge in [-0.2, -0.15) is 0 Å². The summed E-state index contributed by atoms with van der Waals surface area (Å²) >= 11 is 1.33. The van der Waals surface area contributed by atoms with Crippen molar-refractivity contribution in [3.8, 4) is 0 Å². The van der Waals surface area contributed by atoms with E-state index in [4.69, 9.17) is 4.74 Å². The molecule has 0 saturated heterocycles. The number of ketones is 1. The van der Waals surface area contributed by atoms with Crippen LogP contribution in [0, 0.1) is 15.5 Å². The molecule has 23 heavy (non-hydrogen) atoms. The summed E-state index contributed by atoms with van der Waals surface area (Å²) in [6.45, 7) is 4.73. The molecule has 6 nitrogen and oxygen atoms in total. The summed E-state index contributed by atoms with van der Waals surface area (Å²) in [5, 5.41) is 13.0. The highest BCUT2D eigenvalue weighted by Crippen LogP contribution is 2.49. The van der Waals surface area contributed by atoms with Crippen molar-refractivity contribution in [3.63, 3.8) is 0 Å². The van der Waals surface area contributed by atoms with Crippen LogP contribution in [0.25, 0.3) is 0 Å². The smallest absolute Gasteiger partial charge is 0.321 e. The third-order valence-corrected chi connectivity index (χ3v) is 5.03. The molecule has 0 spiro atoms. The van der Waals surface area contributed by atoms with Gasteiger partial charge in [0, 0.05) is 16.2 Å². The Labute approximate surface area is 139 Å². The summed E-state index contributed by atoms with van der Waals surface area (Å²) in [6.07, 6.45) is 1.12. The van der Waals surface area contributed by atoms with Gasteiger partial charge in [0.1, 0.15) is 11.0 Å². The zero-order valence-corrected chi connectivity index (χ0v) is 14.4. The Morgan fingerprint density at radius 1 is 1.52 bits per heavy atom. The lowest BCUT2D eigenvalue weighted by Crippen LogP contribution is -2.46. The Hall–Kier alpha value is -1.76. The molecule has 0 unspecified atom stereocenters. The van der Waals surface area contributed by atoms with Crippen molar-refractivity contribution in [1.82, 2.24) is 0 Å². The molecule has 0 bridgehead atoms. The van der Waals surface area contributed by atoms with Gasteiger partial charge in [0.25, 0.3) is 0 Å². The molecule has 1 heterocycles. The molecule has 1 aliphatic carbocycles. The molecule has 7 heteroatoms. The van der Waals surface area contributed by atoms with E-state index >= 15 is 0 Å². The van der Waals surface area contributed by atoms with Gasteiger partial charge in [-0.15, -0.1) is 11.3 Å². The zero-order chi connectivity index (χ0) is 17.3. The fourth-order valence-corrected chi connectivity index (χ4v) is 4.02. The van der Waals surface area contributed by atoms with Gasteiger partial charge in [-0.3, -0.25) is 19.7 Å². The maximum Gasteiger partial charge on any atom is 0.321 e. The zero-order valence-electron chi connectivity index (χ0n) is 13.5. The molecular weight excluding hydrogens is 318 g/mol. The highest BCUT2D eigenvalue weighted by molar-refractivity contribution is 7.10. The predicted molar refractivity (Wildman–Crippen MR) is 86.1 cm³/mol. The predicted octanol–water partition coefficient (Wildman–Crippen LogP) is 3.19. The Morgan fingerprint density at radius 2 is 2.22 bits per heavy atom. The molecule has 1 aliphatic rings. The first-order chi connectivity index (χ1) is 10.7. The van der Waals surface area contributed by atoms with Crippen LogP contribution in [0.15, 0.2) is 17.5 Å². The van der Waals surface area contributed by atoms with Crippen molar-refractivity contribution in [2.45, 2.75) is 51.6 Å². The van der Waals surface area contributed by atoms with Crippen LogP contribution in [-0.2, 0) is 14.3 Å². The van der Waals surface area contributed by atoms with Crippen molar-refractivity contribution < 1.29 is 19.2 Å². The monoisotopic (exact) mass is 339 g/mol. The molecule has 1 fully saturated rings. The number of carbonyl (C=O) groups is 2. The van der Waals surface area contributed by atoms with Gasteiger partial charge in [-0.05, 0) is 45.1 Å². The average molecular weight is 339 g/mol. The Balaban J connectivity index is 2.48. The molecule has 2 rings (SSSR count). The lowest BCUT2D eigenvalue weighted by Gasteiger charge is -2.34. The number of rotatable bonds is 5.